The number of hydrogen-bond acceptors (Lipinski definition) is 3. The van der Waals surface area contributed by atoms with E-state index in [1.54, 1.807) is 24.3 Å². The average Bonchev–Trinajstić information content (AvgIpc) is 2.67. The second-order valence-corrected chi connectivity index (χ2v) is 9.72. The highest BCUT2D eigenvalue weighted by Gasteiger charge is 2.32. The minimum Gasteiger partial charge on any atom is -0.263 e. The fraction of sp³-hybridized carbons (Fsp3) is 0.217. The maximum atomic E-state index is 12.8. The first-order valence-corrected chi connectivity index (χ1v) is 11.5. The number of halogens is 1. The van der Waals surface area contributed by atoms with Crippen LogP contribution in [0, 0.1) is 6.92 Å². The fourth-order valence-electron chi connectivity index (χ4n) is 3.83. The van der Waals surface area contributed by atoms with Crippen molar-refractivity contribution in [3.05, 3.63) is 99.5 Å². The summed E-state index contributed by atoms with van der Waals surface area (Å²) in [7, 11) is -3.80. The van der Waals surface area contributed by atoms with Gasteiger partial charge in [-0.15, -0.1) is 0 Å². The molecular weight excluding hydrogens is 436 g/mol. The molecule has 3 nitrogen and oxygen atoms in total. The largest absolute Gasteiger partial charge is 0.297 e. The van der Waals surface area contributed by atoms with E-state index in [-0.39, 0.29) is 10.8 Å². The Balaban J connectivity index is 1.65. The van der Waals surface area contributed by atoms with Crippen LogP contribution in [-0.2, 0) is 20.7 Å². The lowest BCUT2D eigenvalue weighted by atomic mass is 9.78. The predicted octanol–water partition coefficient (Wildman–Crippen LogP) is 5.61. The highest BCUT2D eigenvalue weighted by atomic mass is 79.9. The van der Waals surface area contributed by atoms with E-state index in [0.717, 1.165) is 21.2 Å². The van der Waals surface area contributed by atoms with Crippen molar-refractivity contribution in [3.8, 4) is 0 Å². The van der Waals surface area contributed by atoms with Gasteiger partial charge in [0, 0.05) is 16.8 Å². The quantitative estimate of drug-likeness (QED) is 0.479. The maximum absolute atomic E-state index is 12.8. The number of fused-ring (bicyclic) bond motifs is 1. The predicted molar refractivity (Wildman–Crippen MR) is 114 cm³/mol. The van der Waals surface area contributed by atoms with Gasteiger partial charge < -0.3 is 0 Å². The van der Waals surface area contributed by atoms with Gasteiger partial charge in [0.2, 0.25) is 0 Å². The molecule has 0 unspecified atom stereocenters. The third kappa shape index (κ3) is 4.07. The molecule has 0 saturated carbocycles. The molecule has 0 heterocycles. The molecule has 0 N–H and O–H groups in total. The molecule has 0 bridgehead atoms. The van der Waals surface area contributed by atoms with E-state index in [1.165, 1.54) is 5.56 Å². The average molecular weight is 457 g/mol. The number of aryl methyl sites for hydroxylation is 1. The standard InChI is InChI=1S/C23H21BrO3S/c1-16-9-11-21(12-10-16)28(25,26)27-20-14-18-5-2-3-8-22(18)23(15-20)17-6-4-7-19(24)13-17/h2-13,20,23H,14-15H2,1H3/t20-,23+/m0/s1. The zero-order chi connectivity index (χ0) is 19.7. The van der Waals surface area contributed by atoms with Crippen molar-refractivity contribution in [2.45, 2.75) is 36.7 Å². The maximum Gasteiger partial charge on any atom is 0.297 e. The van der Waals surface area contributed by atoms with Gasteiger partial charge in [0.05, 0.1) is 11.0 Å². The Labute approximate surface area is 174 Å². The molecule has 0 fully saturated rings. The van der Waals surface area contributed by atoms with Gasteiger partial charge in [0.25, 0.3) is 10.1 Å². The zero-order valence-corrected chi connectivity index (χ0v) is 17.9. The van der Waals surface area contributed by atoms with Crippen LogP contribution in [0.25, 0.3) is 0 Å². The van der Waals surface area contributed by atoms with E-state index < -0.39 is 16.2 Å². The molecule has 3 aromatic rings. The van der Waals surface area contributed by atoms with E-state index in [1.807, 2.05) is 31.2 Å². The second kappa shape index (κ2) is 7.82. The van der Waals surface area contributed by atoms with E-state index in [0.29, 0.717) is 12.8 Å². The van der Waals surface area contributed by atoms with Crippen molar-refractivity contribution in [3.63, 3.8) is 0 Å². The molecule has 0 saturated heterocycles. The molecule has 3 aromatic carbocycles. The lowest BCUT2D eigenvalue weighted by molar-refractivity contribution is 0.185. The highest BCUT2D eigenvalue weighted by Crippen LogP contribution is 2.39. The van der Waals surface area contributed by atoms with Crippen molar-refractivity contribution in [2.75, 3.05) is 0 Å². The Kier molecular flexibility index (Phi) is 5.41. The van der Waals surface area contributed by atoms with Gasteiger partial charge in [0.1, 0.15) is 0 Å². The van der Waals surface area contributed by atoms with E-state index >= 15 is 0 Å². The summed E-state index contributed by atoms with van der Waals surface area (Å²) in [6, 6.07) is 23.2. The summed E-state index contributed by atoms with van der Waals surface area (Å²) in [5, 5.41) is 0. The Morgan fingerprint density at radius 2 is 1.71 bits per heavy atom. The van der Waals surface area contributed by atoms with E-state index in [4.69, 9.17) is 4.18 Å². The Morgan fingerprint density at radius 3 is 2.46 bits per heavy atom. The molecule has 0 aromatic heterocycles. The Morgan fingerprint density at radius 1 is 0.964 bits per heavy atom. The minimum absolute atomic E-state index is 0.0978. The first-order valence-electron chi connectivity index (χ1n) is 9.25. The summed E-state index contributed by atoms with van der Waals surface area (Å²) in [5.41, 5.74) is 4.55. The fourth-order valence-corrected chi connectivity index (χ4v) is 5.33. The molecule has 28 heavy (non-hydrogen) atoms. The topological polar surface area (TPSA) is 43.4 Å². The smallest absolute Gasteiger partial charge is 0.263 e. The molecule has 144 valence electrons. The number of rotatable bonds is 4. The summed E-state index contributed by atoms with van der Waals surface area (Å²) >= 11 is 3.54. The zero-order valence-electron chi connectivity index (χ0n) is 15.5. The van der Waals surface area contributed by atoms with Crippen LogP contribution < -0.4 is 0 Å². The van der Waals surface area contributed by atoms with Crippen molar-refractivity contribution < 1.29 is 12.6 Å². The van der Waals surface area contributed by atoms with Crippen molar-refractivity contribution in [2.24, 2.45) is 0 Å². The summed E-state index contributed by atoms with van der Waals surface area (Å²) in [6.07, 6.45) is 0.815. The van der Waals surface area contributed by atoms with Gasteiger partial charge in [-0.2, -0.15) is 8.42 Å². The van der Waals surface area contributed by atoms with E-state index in [9.17, 15) is 8.42 Å². The third-order valence-corrected chi connectivity index (χ3v) is 7.07. The Bertz CT molecular complexity index is 1090. The van der Waals surface area contributed by atoms with Crippen LogP contribution in [0.15, 0.2) is 82.2 Å². The lowest BCUT2D eigenvalue weighted by Gasteiger charge is -2.31. The molecular formula is C23H21BrO3S. The normalized spacial score (nSPS) is 19.2. The molecule has 0 amide bonds. The lowest BCUT2D eigenvalue weighted by Crippen LogP contribution is -2.28. The summed E-state index contributed by atoms with van der Waals surface area (Å²) in [5.74, 6) is 0.0978. The van der Waals surface area contributed by atoms with Gasteiger partial charge >= 0.3 is 0 Å². The third-order valence-electron chi connectivity index (χ3n) is 5.20. The molecule has 0 radical (unpaired) electrons. The summed E-state index contributed by atoms with van der Waals surface area (Å²) in [4.78, 5) is 0.205. The van der Waals surface area contributed by atoms with Crippen LogP contribution in [0.1, 0.15) is 34.6 Å². The van der Waals surface area contributed by atoms with Crippen LogP contribution >= 0.6 is 15.9 Å². The van der Waals surface area contributed by atoms with Gasteiger partial charge in [-0.1, -0.05) is 70.0 Å². The second-order valence-electron chi connectivity index (χ2n) is 7.23. The SMILES string of the molecule is Cc1ccc(S(=O)(=O)O[C@H]2Cc3ccccc3[C@@H](c3cccc(Br)c3)C2)cc1. The highest BCUT2D eigenvalue weighted by molar-refractivity contribution is 9.10. The van der Waals surface area contributed by atoms with Crippen LogP contribution in [0.3, 0.4) is 0 Å². The number of hydrogen-bond donors (Lipinski definition) is 0. The van der Waals surface area contributed by atoms with Crippen LogP contribution in [0.2, 0.25) is 0 Å². The number of benzene rings is 3. The minimum atomic E-state index is -3.80. The summed E-state index contributed by atoms with van der Waals surface area (Å²) < 4.78 is 32.3. The molecule has 0 spiro atoms. The van der Waals surface area contributed by atoms with Crippen LogP contribution in [0.5, 0.6) is 0 Å². The molecule has 5 heteroatoms. The molecule has 4 rings (SSSR count). The van der Waals surface area contributed by atoms with Crippen molar-refractivity contribution >= 4 is 26.0 Å². The monoisotopic (exact) mass is 456 g/mol. The van der Waals surface area contributed by atoms with Gasteiger partial charge in [-0.05, 0) is 54.3 Å². The molecule has 1 aliphatic rings. The Hall–Kier alpha value is -1.95. The van der Waals surface area contributed by atoms with Gasteiger partial charge in [-0.25, -0.2) is 0 Å². The summed E-state index contributed by atoms with van der Waals surface area (Å²) in [6.45, 7) is 1.93. The van der Waals surface area contributed by atoms with Crippen LogP contribution in [0.4, 0.5) is 0 Å². The molecule has 0 aliphatic heterocycles. The molecule has 1 aliphatic carbocycles. The molecule has 2 atom stereocenters. The van der Waals surface area contributed by atoms with Crippen molar-refractivity contribution in [1.29, 1.82) is 0 Å². The van der Waals surface area contributed by atoms with Crippen LogP contribution in [-0.4, -0.2) is 14.5 Å². The first kappa shape index (κ1) is 19.4. The van der Waals surface area contributed by atoms with Gasteiger partial charge in [0.15, 0.2) is 0 Å². The first-order chi connectivity index (χ1) is 13.4. The van der Waals surface area contributed by atoms with E-state index in [2.05, 4.69) is 40.2 Å². The van der Waals surface area contributed by atoms with Crippen molar-refractivity contribution in [1.82, 2.24) is 0 Å². The van der Waals surface area contributed by atoms with Gasteiger partial charge in [-0.3, -0.25) is 4.18 Å².